The first-order chi connectivity index (χ1) is 17.4. The lowest BCUT2D eigenvalue weighted by Crippen LogP contribution is -2.17. The standard InChI is InChI=1S/C26H25Cl2IN2O5/c1-4-34-22-9-7-17(12-23(22)33-3)26(32)31-30-14-16-10-21(29)25(24(11-16)35-5-2)36-15-18-6-8-19(27)13-20(18)28/h6-14H,4-5,15H2,1-3H3,(H,31,32)/b30-14+. The van der Waals surface area contributed by atoms with E-state index >= 15 is 0 Å². The molecule has 10 heteroatoms. The minimum Gasteiger partial charge on any atom is -0.493 e. The van der Waals surface area contributed by atoms with E-state index in [-0.39, 0.29) is 12.5 Å². The molecule has 190 valence electrons. The third-order valence-corrected chi connectivity index (χ3v) is 6.21. The van der Waals surface area contributed by atoms with Gasteiger partial charge in [-0.3, -0.25) is 4.79 Å². The molecule has 0 heterocycles. The number of carbonyl (C=O) groups excluding carboxylic acids is 1. The van der Waals surface area contributed by atoms with Crippen molar-refractivity contribution in [2.75, 3.05) is 20.3 Å². The van der Waals surface area contributed by atoms with E-state index in [4.69, 9.17) is 42.1 Å². The zero-order valence-electron chi connectivity index (χ0n) is 19.9. The molecule has 0 saturated carbocycles. The van der Waals surface area contributed by atoms with Gasteiger partial charge in [-0.25, -0.2) is 5.43 Å². The smallest absolute Gasteiger partial charge is 0.271 e. The highest BCUT2D eigenvalue weighted by Crippen LogP contribution is 2.35. The molecule has 0 aliphatic heterocycles. The van der Waals surface area contributed by atoms with Gasteiger partial charge in [0.05, 0.1) is 30.1 Å². The average molecular weight is 643 g/mol. The van der Waals surface area contributed by atoms with Crippen LogP contribution in [0, 0.1) is 3.57 Å². The molecule has 0 saturated heterocycles. The average Bonchev–Trinajstić information content (AvgIpc) is 2.85. The molecule has 1 amide bonds. The number of hydrazone groups is 1. The van der Waals surface area contributed by atoms with Crippen molar-refractivity contribution >= 4 is 57.9 Å². The van der Waals surface area contributed by atoms with Crippen molar-refractivity contribution in [2.45, 2.75) is 20.5 Å². The highest BCUT2D eigenvalue weighted by molar-refractivity contribution is 14.1. The van der Waals surface area contributed by atoms with Crippen LogP contribution in [-0.4, -0.2) is 32.4 Å². The monoisotopic (exact) mass is 642 g/mol. The Labute approximate surface area is 233 Å². The van der Waals surface area contributed by atoms with Crippen molar-refractivity contribution in [3.05, 3.63) is 78.8 Å². The number of carbonyl (C=O) groups is 1. The number of hydrogen-bond acceptors (Lipinski definition) is 6. The van der Waals surface area contributed by atoms with Gasteiger partial charge in [0.25, 0.3) is 5.91 Å². The summed E-state index contributed by atoms with van der Waals surface area (Å²) in [6.45, 7) is 4.96. The van der Waals surface area contributed by atoms with Crippen molar-refractivity contribution in [1.29, 1.82) is 0 Å². The van der Waals surface area contributed by atoms with Crippen LogP contribution in [-0.2, 0) is 6.61 Å². The minimum atomic E-state index is -0.382. The Morgan fingerprint density at radius 2 is 1.72 bits per heavy atom. The molecule has 0 aromatic heterocycles. The maximum atomic E-state index is 12.5. The van der Waals surface area contributed by atoms with Gasteiger partial charge in [0, 0.05) is 21.2 Å². The van der Waals surface area contributed by atoms with Crippen molar-refractivity contribution in [3.63, 3.8) is 0 Å². The summed E-state index contributed by atoms with van der Waals surface area (Å²) in [4.78, 5) is 12.5. The third-order valence-electron chi connectivity index (χ3n) is 4.82. The Morgan fingerprint density at radius 1 is 0.972 bits per heavy atom. The highest BCUT2D eigenvalue weighted by Gasteiger charge is 2.14. The summed E-state index contributed by atoms with van der Waals surface area (Å²) in [5.41, 5.74) is 4.45. The van der Waals surface area contributed by atoms with Crippen LogP contribution in [0.3, 0.4) is 0 Å². The summed E-state index contributed by atoms with van der Waals surface area (Å²) in [6.07, 6.45) is 1.54. The lowest BCUT2D eigenvalue weighted by molar-refractivity contribution is 0.0954. The Morgan fingerprint density at radius 3 is 2.42 bits per heavy atom. The first kappa shape index (κ1) is 27.9. The molecule has 0 aliphatic carbocycles. The number of halogens is 3. The quantitative estimate of drug-likeness (QED) is 0.142. The molecule has 0 atom stereocenters. The predicted molar refractivity (Wildman–Crippen MR) is 150 cm³/mol. The van der Waals surface area contributed by atoms with Gasteiger partial charge in [-0.15, -0.1) is 0 Å². The lowest BCUT2D eigenvalue weighted by atomic mass is 10.2. The van der Waals surface area contributed by atoms with E-state index in [1.54, 1.807) is 36.4 Å². The van der Waals surface area contributed by atoms with Crippen LogP contribution >= 0.6 is 45.8 Å². The number of nitrogens with zero attached hydrogens (tertiary/aromatic N) is 1. The second-order valence-corrected chi connectivity index (χ2v) is 9.29. The second kappa shape index (κ2) is 13.6. The molecule has 3 aromatic carbocycles. The Hall–Kier alpha value is -2.69. The van der Waals surface area contributed by atoms with Crippen molar-refractivity contribution in [2.24, 2.45) is 5.10 Å². The number of rotatable bonds is 11. The summed E-state index contributed by atoms with van der Waals surface area (Å²) in [5, 5.41) is 5.18. The Balaban J connectivity index is 1.72. The summed E-state index contributed by atoms with van der Waals surface area (Å²) in [6, 6.07) is 13.9. The molecule has 0 unspecified atom stereocenters. The first-order valence-corrected chi connectivity index (χ1v) is 12.9. The van der Waals surface area contributed by atoms with E-state index in [9.17, 15) is 4.79 Å². The molecule has 3 aromatic rings. The molecular weight excluding hydrogens is 618 g/mol. The van der Waals surface area contributed by atoms with Crippen LogP contribution in [0.25, 0.3) is 0 Å². The maximum Gasteiger partial charge on any atom is 0.271 e. The molecule has 7 nitrogen and oxygen atoms in total. The lowest BCUT2D eigenvalue weighted by Gasteiger charge is -2.15. The fourth-order valence-electron chi connectivity index (χ4n) is 3.17. The summed E-state index contributed by atoms with van der Waals surface area (Å²) in [5.74, 6) is 1.80. The van der Waals surface area contributed by atoms with Crippen molar-refractivity contribution in [3.8, 4) is 23.0 Å². The molecule has 0 spiro atoms. The Kier molecular flexibility index (Phi) is 10.5. The first-order valence-electron chi connectivity index (χ1n) is 11.0. The number of nitrogens with one attached hydrogen (secondary N) is 1. The SMILES string of the molecule is CCOc1ccc(C(=O)N/N=C/c2cc(I)c(OCc3ccc(Cl)cc3Cl)c(OCC)c2)cc1OC. The van der Waals surface area contributed by atoms with Crippen LogP contribution in [0.15, 0.2) is 53.6 Å². The third kappa shape index (κ3) is 7.41. The van der Waals surface area contributed by atoms with Crippen LogP contribution in [0.2, 0.25) is 10.0 Å². The summed E-state index contributed by atoms with van der Waals surface area (Å²) in [7, 11) is 1.52. The number of methoxy groups -OCH3 is 1. The molecular formula is C26H25Cl2IN2O5. The number of ether oxygens (including phenoxy) is 4. The largest absolute Gasteiger partial charge is 0.493 e. The maximum absolute atomic E-state index is 12.5. The van der Waals surface area contributed by atoms with Crippen LogP contribution in [0.1, 0.15) is 35.3 Å². The van der Waals surface area contributed by atoms with E-state index < -0.39 is 0 Å². The van der Waals surface area contributed by atoms with Gasteiger partial charge >= 0.3 is 0 Å². The van der Waals surface area contributed by atoms with Crippen molar-refractivity contribution < 1.29 is 23.7 Å². The fourth-order valence-corrected chi connectivity index (χ4v) is 4.41. The van der Waals surface area contributed by atoms with Gasteiger partial charge < -0.3 is 18.9 Å². The fraction of sp³-hybridized carbons (Fsp3) is 0.231. The van der Waals surface area contributed by atoms with Gasteiger partial charge in [0.2, 0.25) is 0 Å². The molecule has 36 heavy (non-hydrogen) atoms. The van der Waals surface area contributed by atoms with Crippen LogP contribution in [0.4, 0.5) is 0 Å². The van der Waals surface area contributed by atoms with Crippen LogP contribution < -0.4 is 24.4 Å². The van der Waals surface area contributed by atoms with E-state index in [1.807, 2.05) is 26.0 Å². The van der Waals surface area contributed by atoms with Crippen LogP contribution in [0.5, 0.6) is 23.0 Å². The van der Waals surface area contributed by atoms with E-state index in [0.717, 1.165) is 14.7 Å². The molecule has 0 aliphatic rings. The number of benzene rings is 3. The highest BCUT2D eigenvalue weighted by atomic mass is 127. The summed E-state index contributed by atoms with van der Waals surface area (Å²) >= 11 is 14.4. The van der Waals surface area contributed by atoms with Gasteiger partial charge in [-0.05, 0) is 84.5 Å². The molecule has 0 radical (unpaired) electrons. The second-order valence-electron chi connectivity index (χ2n) is 7.29. The normalized spacial score (nSPS) is 10.8. The van der Waals surface area contributed by atoms with Gasteiger partial charge in [0.15, 0.2) is 23.0 Å². The minimum absolute atomic E-state index is 0.251. The van der Waals surface area contributed by atoms with E-state index in [2.05, 4.69) is 33.1 Å². The van der Waals surface area contributed by atoms with E-state index in [1.165, 1.54) is 13.3 Å². The van der Waals surface area contributed by atoms with Crippen molar-refractivity contribution in [1.82, 2.24) is 5.43 Å². The zero-order valence-corrected chi connectivity index (χ0v) is 23.6. The van der Waals surface area contributed by atoms with Gasteiger partial charge in [-0.1, -0.05) is 29.3 Å². The molecule has 0 bridgehead atoms. The molecule has 3 rings (SSSR count). The Bertz CT molecular complexity index is 1250. The molecule has 1 N–H and O–H groups in total. The topological polar surface area (TPSA) is 78.4 Å². The predicted octanol–water partition coefficient (Wildman–Crippen LogP) is 6.75. The zero-order chi connectivity index (χ0) is 26.1. The number of hydrogen-bond donors (Lipinski definition) is 1. The summed E-state index contributed by atoms with van der Waals surface area (Å²) < 4.78 is 23.4. The van der Waals surface area contributed by atoms with Gasteiger partial charge in [0.1, 0.15) is 6.61 Å². The number of amides is 1. The van der Waals surface area contributed by atoms with E-state index in [0.29, 0.717) is 51.8 Å². The molecule has 0 fully saturated rings. The van der Waals surface area contributed by atoms with Gasteiger partial charge in [-0.2, -0.15) is 5.10 Å².